The van der Waals surface area contributed by atoms with Crippen molar-refractivity contribution in [2.45, 2.75) is 60.7 Å². The lowest BCUT2D eigenvalue weighted by Gasteiger charge is -2.24. The first kappa shape index (κ1) is 27.3. The van der Waals surface area contributed by atoms with Crippen molar-refractivity contribution in [2.24, 2.45) is 5.92 Å². The first-order valence-electron chi connectivity index (χ1n) is 12.5. The average molecular weight is 582 g/mol. The maximum absolute atomic E-state index is 14.3. The van der Waals surface area contributed by atoms with E-state index in [2.05, 4.69) is 4.98 Å². The van der Waals surface area contributed by atoms with E-state index in [0.717, 1.165) is 25.7 Å². The fraction of sp³-hybridized carbons (Fsp3) is 0.423. The molecule has 0 radical (unpaired) electrons. The number of rotatable bonds is 11. The van der Waals surface area contributed by atoms with Gasteiger partial charge in [-0.2, -0.15) is 4.31 Å². The third-order valence-corrected chi connectivity index (χ3v) is 10.5. The van der Waals surface area contributed by atoms with Gasteiger partial charge in [0.05, 0.1) is 41.7 Å². The summed E-state index contributed by atoms with van der Waals surface area (Å²) in [5.41, 5.74) is 0.479. The van der Waals surface area contributed by atoms with Crippen molar-refractivity contribution >= 4 is 31.5 Å². The maximum atomic E-state index is 14.3. The largest absolute Gasteiger partial charge is 0.376 e. The second-order valence-corrected chi connectivity index (χ2v) is 14.1. The van der Waals surface area contributed by atoms with Crippen LogP contribution in [0.3, 0.4) is 0 Å². The molecule has 2 heterocycles. The summed E-state index contributed by atoms with van der Waals surface area (Å²) in [5.74, 6) is -0.926. The number of nitrogens with zero attached hydrogens (tertiary/aromatic N) is 3. The summed E-state index contributed by atoms with van der Waals surface area (Å²) in [6, 6.07) is 11.7. The molecule has 2 aliphatic rings. The molecule has 8 nitrogen and oxygen atoms in total. The van der Waals surface area contributed by atoms with Crippen LogP contribution in [0, 0.1) is 11.7 Å². The van der Waals surface area contributed by atoms with Crippen LogP contribution in [0.2, 0.25) is 5.02 Å². The summed E-state index contributed by atoms with van der Waals surface area (Å²) in [5, 5.41) is 0.207. The summed E-state index contributed by atoms with van der Waals surface area (Å²) in [7, 11) is -7.94. The Morgan fingerprint density at radius 1 is 1.05 bits per heavy atom. The van der Waals surface area contributed by atoms with Crippen LogP contribution in [-0.2, 0) is 43.4 Å². The summed E-state index contributed by atoms with van der Waals surface area (Å²) >= 11 is 5.97. The van der Waals surface area contributed by atoms with Gasteiger partial charge < -0.3 is 9.30 Å². The molecule has 1 saturated heterocycles. The lowest BCUT2D eigenvalue weighted by Crippen LogP contribution is -2.34. The van der Waals surface area contributed by atoms with E-state index in [1.54, 1.807) is 6.07 Å². The fourth-order valence-corrected chi connectivity index (χ4v) is 7.74. The molecular weight excluding hydrogens is 553 g/mol. The minimum absolute atomic E-state index is 0.0430. The molecule has 38 heavy (non-hydrogen) atoms. The van der Waals surface area contributed by atoms with Crippen molar-refractivity contribution < 1.29 is 26.0 Å². The van der Waals surface area contributed by atoms with Gasteiger partial charge in [-0.25, -0.2) is 26.2 Å². The molecule has 2 fully saturated rings. The number of aromatic nitrogens is 2. The highest BCUT2D eigenvalue weighted by molar-refractivity contribution is 7.90. The second-order valence-electron chi connectivity index (χ2n) is 9.82. The van der Waals surface area contributed by atoms with Gasteiger partial charge in [0.2, 0.25) is 25.0 Å². The Bertz CT molecular complexity index is 1500. The van der Waals surface area contributed by atoms with Crippen molar-refractivity contribution in [3.05, 3.63) is 76.8 Å². The van der Waals surface area contributed by atoms with Crippen molar-refractivity contribution in [1.29, 1.82) is 0 Å². The summed E-state index contributed by atoms with van der Waals surface area (Å²) in [6.07, 6.45) is 4.65. The molecule has 12 heteroatoms. The van der Waals surface area contributed by atoms with Crippen LogP contribution in [0.15, 0.2) is 64.8 Å². The third kappa shape index (κ3) is 6.12. The van der Waals surface area contributed by atoms with E-state index in [0.29, 0.717) is 23.9 Å². The maximum Gasteiger partial charge on any atom is 0.243 e. The van der Waals surface area contributed by atoms with Gasteiger partial charge in [-0.1, -0.05) is 29.8 Å². The Hall–Kier alpha value is -2.31. The molecule has 2 aromatic carbocycles. The van der Waals surface area contributed by atoms with Crippen LogP contribution in [0.4, 0.5) is 4.39 Å². The molecule has 1 saturated carbocycles. The number of sulfone groups is 1. The molecular formula is C26H29ClFN3O5S2. The molecule has 0 bridgehead atoms. The van der Waals surface area contributed by atoms with Gasteiger partial charge in [0, 0.05) is 23.7 Å². The van der Waals surface area contributed by atoms with E-state index in [4.69, 9.17) is 16.3 Å². The summed E-state index contributed by atoms with van der Waals surface area (Å²) in [4.78, 5) is 4.34. The monoisotopic (exact) mass is 581 g/mol. The summed E-state index contributed by atoms with van der Waals surface area (Å²) in [6.45, 7) is 1.04. The van der Waals surface area contributed by atoms with Crippen molar-refractivity contribution in [1.82, 2.24) is 13.9 Å². The molecule has 1 unspecified atom stereocenters. The lowest BCUT2D eigenvalue weighted by atomic mass is 10.2. The van der Waals surface area contributed by atoms with E-state index in [9.17, 15) is 21.2 Å². The molecule has 3 aromatic rings. The molecule has 0 spiro atoms. The van der Waals surface area contributed by atoms with Crippen LogP contribution in [0.1, 0.15) is 36.9 Å². The highest BCUT2D eigenvalue weighted by Crippen LogP contribution is 2.33. The Balaban J connectivity index is 1.50. The first-order chi connectivity index (χ1) is 18.1. The van der Waals surface area contributed by atoms with Crippen molar-refractivity contribution in [2.75, 3.05) is 13.2 Å². The zero-order valence-corrected chi connectivity index (χ0v) is 23.1. The molecule has 0 N–H and O–H groups in total. The van der Waals surface area contributed by atoms with E-state index < -0.39 is 31.4 Å². The molecule has 1 aromatic heterocycles. The number of halogens is 2. The lowest BCUT2D eigenvalue weighted by molar-refractivity contribution is 0.0937. The first-order valence-corrected chi connectivity index (χ1v) is 16.0. The second kappa shape index (κ2) is 11.1. The Kier molecular flexibility index (Phi) is 7.93. The van der Waals surface area contributed by atoms with E-state index in [1.807, 2.05) is 0 Å². The van der Waals surface area contributed by atoms with Crippen LogP contribution < -0.4 is 0 Å². The Morgan fingerprint density at radius 3 is 2.45 bits per heavy atom. The van der Waals surface area contributed by atoms with Crippen LogP contribution in [0.25, 0.3) is 0 Å². The topological polar surface area (TPSA) is 98.6 Å². The molecule has 204 valence electrons. The predicted octanol–water partition coefficient (Wildman–Crippen LogP) is 4.43. The van der Waals surface area contributed by atoms with Crippen molar-refractivity contribution in [3.8, 4) is 0 Å². The molecule has 1 atom stereocenters. The van der Waals surface area contributed by atoms with Gasteiger partial charge in [0.25, 0.3) is 0 Å². The van der Waals surface area contributed by atoms with Gasteiger partial charge in [-0.05, 0) is 61.9 Å². The van der Waals surface area contributed by atoms with Gasteiger partial charge in [-0.15, -0.1) is 0 Å². The fourth-order valence-electron chi connectivity index (χ4n) is 4.61. The zero-order valence-electron chi connectivity index (χ0n) is 20.7. The predicted molar refractivity (Wildman–Crippen MR) is 140 cm³/mol. The molecule has 1 aliphatic heterocycles. The van der Waals surface area contributed by atoms with Crippen LogP contribution >= 0.6 is 11.6 Å². The number of hydrogen-bond acceptors (Lipinski definition) is 6. The number of sulfonamides is 1. The van der Waals surface area contributed by atoms with Crippen LogP contribution in [0.5, 0.6) is 0 Å². The normalized spacial score (nSPS) is 18.3. The molecule has 1 aliphatic carbocycles. The molecule has 0 amide bonds. The number of ether oxygens (including phenoxy) is 1. The quantitative estimate of drug-likeness (QED) is 0.332. The number of benzene rings is 2. The highest BCUT2D eigenvalue weighted by atomic mass is 35.5. The summed E-state index contributed by atoms with van der Waals surface area (Å²) < 4.78 is 77.1. The van der Waals surface area contributed by atoms with Crippen LogP contribution in [-0.4, -0.2) is 49.9 Å². The van der Waals surface area contributed by atoms with Gasteiger partial charge in [-0.3, -0.25) is 0 Å². The Morgan fingerprint density at radius 2 is 1.79 bits per heavy atom. The average Bonchev–Trinajstić information content (AvgIpc) is 3.37. The number of hydrogen-bond donors (Lipinski definition) is 0. The van der Waals surface area contributed by atoms with Gasteiger partial charge >= 0.3 is 0 Å². The van der Waals surface area contributed by atoms with Gasteiger partial charge in [0.1, 0.15) is 5.82 Å². The van der Waals surface area contributed by atoms with E-state index >= 15 is 0 Å². The number of imidazole rings is 1. The SMILES string of the molecule is O=S(=O)(Cc1ccccc1F)c1ncc(CN(CC2CC2)S(=O)(=O)c2ccc(Cl)cc2)n1CC1CCCO1. The third-order valence-electron chi connectivity index (χ3n) is 6.84. The smallest absolute Gasteiger partial charge is 0.243 e. The minimum Gasteiger partial charge on any atom is -0.376 e. The minimum atomic E-state index is -4.05. The standard InChI is InChI=1S/C26H29ClFN3O5S2/c27-21-9-11-24(12-10-21)38(34,35)30(15-19-7-8-19)16-22-14-29-26(31(22)17-23-5-3-13-36-23)37(32,33)18-20-4-1-2-6-25(20)28/h1-2,4,6,9-12,14,19,23H,3,5,7-8,13,15-18H2. The van der Waals surface area contributed by atoms with Gasteiger partial charge in [0.15, 0.2) is 0 Å². The highest BCUT2D eigenvalue weighted by Gasteiger charge is 2.34. The zero-order chi connectivity index (χ0) is 26.9. The Labute approximate surface area is 227 Å². The van der Waals surface area contributed by atoms with Crippen molar-refractivity contribution in [3.63, 3.8) is 0 Å². The van der Waals surface area contributed by atoms with E-state index in [-0.39, 0.29) is 40.7 Å². The molecule has 5 rings (SSSR count). The van der Waals surface area contributed by atoms with E-state index in [1.165, 1.54) is 57.5 Å².